The van der Waals surface area contributed by atoms with Crippen LogP contribution in [-0.4, -0.2) is 8.07 Å². The summed E-state index contributed by atoms with van der Waals surface area (Å²) in [5.74, 6) is 0. The molecule has 0 saturated heterocycles. The van der Waals surface area contributed by atoms with E-state index < -0.39 is 8.07 Å². The highest BCUT2D eigenvalue weighted by Crippen LogP contribution is 2.37. The van der Waals surface area contributed by atoms with Gasteiger partial charge in [-0.1, -0.05) is 34.6 Å². The predicted octanol–water partition coefficient (Wildman–Crippen LogP) is 3.46. The van der Waals surface area contributed by atoms with E-state index in [4.69, 9.17) is 0 Å². The third kappa shape index (κ3) is 1.02. The van der Waals surface area contributed by atoms with E-state index >= 15 is 0 Å². The molecule has 1 rings (SSSR count). The highest BCUT2D eigenvalue weighted by Gasteiger charge is 2.33. The van der Waals surface area contributed by atoms with Gasteiger partial charge in [-0.25, -0.2) is 0 Å². The first-order chi connectivity index (χ1) is 4.89. The molecule has 1 aliphatic rings. The lowest BCUT2D eigenvalue weighted by atomic mass is 10.1. The van der Waals surface area contributed by atoms with Gasteiger partial charge in [0.05, 0.1) is 0 Å². The summed E-state index contributed by atoms with van der Waals surface area (Å²) in [7, 11) is -1.11. The quantitative estimate of drug-likeness (QED) is 0.483. The van der Waals surface area contributed by atoms with Gasteiger partial charge in [-0.05, 0) is 27.7 Å². The lowest BCUT2D eigenvalue weighted by molar-refractivity contribution is 1.31. The van der Waals surface area contributed by atoms with Crippen LogP contribution in [0, 0.1) is 0 Å². The number of hydrogen-bond acceptors (Lipinski definition) is 0. The lowest BCUT2D eigenvalue weighted by Gasteiger charge is -2.20. The summed E-state index contributed by atoms with van der Waals surface area (Å²) in [6.45, 7) is 14.0. The Morgan fingerprint density at radius 3 is 1.09 bits per heavy atom. The first-order valence-corrected chi connectivity index (χ1v) is 7.25. The van der Waals surface area contributed by atoms with E-state index in [0.29, 0.717) is 0 Å². The van der Waals surface area contributed by atoms with Crippen LogP contribution in [0.1, 0.15) is 27.7 Å². The minimum absolute atomic E-state index is 1.11. The third-order valence-corrected chi connectivity index (χ3v) is 8.06. The molecule has 0 amide bonds. The molecule has 11 heavy (non-hydrogen) atoms. The van der Waals surface area contributed by atoms with E-state index in [0.717, 1.165) is 0 Å². The Morgan fingerprint density at radius 2 is 1.00 bits per heavy atom. The maximum Gasteiger partial charge on any atom is 0.102 e. The zero-order valence-corrected chi connectivity index (χ0v) is 9.50. The molecule has 0 aliphatic carbocycles. The standard InChI is InChI=1S/C10H18Si/c1-7-8(2)10(4)11(5,6)9(7)3/h1-6H3. The molecular formula is C10H18Si. The van der Waals surface area contributed by atoms with Crippen molar-refractivity contribution in [2.24, 2.45) is 0 Å². The highest BCUT2D eigenvalue weighted by atomic mass is 28.3. The van der Waals surface area contributed by atoms with Crippen molar-refractivity contribution in [3.63, 3.8) is 0 Å². The molecule has 0 bridgehead atoms. The van der Waals surface area contributed by atoms with E-state index in [2.05, 4.69) is 40.8 Å². The molecule has 0 N–H and O–H groups in total. The summed E-state index contributed by atoms with van der Waals surface area (Å²) < 4.78 is 0. The van der Waals surface area contributed by atoms with Crippen LogP contribution in [0.4, 0.5) is 0 Å². The first kappa shape index (κ1) is 8.79. The van der Waals surface area contributed by atoms with Crippen LogP contribution in [0.2, 0.25) is 13.1 Å². The minimum atomic E-state index is -1.11. The third-order valence-electron chi connectivity index (χ3n) is 3.56. The van der Waals surface area contributed by atoms with Gasteiger partial charge in [-0.15, -0.1) is 0 Å². The second-order valence-electron chi connectivity index (χ2n) is 4.12. The van der Waals surface area contributed by atoms with Crippen molar-refractivity contribution < 1.29 is 0 Å². The number of rotatable bonds is 0. The van der Waals surface area contributed by atoms with Gasteiger partial charge in [0.1, 0.15) is 8.07 Å². The van der Waals surface area contributed by atoms with E-state index in [1.807, 2.05) is 0 Å². The Kier molecular flexibility index (Phi) is 1.87. The maximum atomic E-state index is 2.44. The van der Waals surface area contributed by atoms with E-state index in [1.54, 1.807) is 21.5 Å². The number of hydrogen-bond donors (Lipinski definition) is 0. The molecule has 1 heteroatoms. The average Bonchev–Trinajstić information content (AvgIpc) is 2.06. The van der Waals surface area contributed by atoms with Crippen LogP contribution < -0.4 is 0 Å². The van der Waals surface area contributed by atoms with Gasteiger partial charge < -0.3 is 0 Å². The van der Waals surface area contributed by atoms with Crippen LogP contribution in [0.25, 0.3) is 0 Å². The SMILES string of the molecule is CC1=C(C)[Si](C)(C)C(C)=C1C. The molecule has 62 valence electrons. The van der Waals surface area contributed by atoms with Crippen LogP contribution in [0.3, 0.4) is 0 Å². The molecule has 0 radical (unpaired) electrons. The summed E-state index contributed by atoms with van der Waals surface area (Å²) in [5, 5.41) is 3.35. The summed E-state index contributed by atoms with van der Waals surface area (Å²) in [6, 6.07) is 0. The average molecular weight is 166 g/mol. The second kappa shape index (κ2) is 2.34. The van der Waals surface area contributed by atoms with E-state index in [1.165, 1.54) is 0 Å². The van der Waals surface area contributed by atoms with Gasteiger partial charge in [0.2, 0.25) is 0 Å². The van der Waals surface area contributed by atoms with Crippen molar-refractivity contribution in [1.29, 1.82) is 0 Å². The van der Waals surface area contributed by atoms with Crippen molar-refractivity contribution in [3.8, 4) is 0 Å². The molecule has 0 aromatic carbocycles. The fourth-order valence-corrected chi connectivity index (χ4v) is 4.59. The minimum Gasteiger partial charge on any atom is -0.0763 e. The Bertz CT molecular complexity index is 228. The topological polar surface area (TPSA) is 0 Å². The summed E-state index contributed by atoms with van der Waals surface area (Å²) in [4.78, 5) is 0. The van der Waals surface area contributed by atoms with Crippen molar-refractivity contribution in [1.82, 2.24) is 0 Å². The Hall–Kier alpha value is -0.303. The van der Waals surface area contributed by atoms with Crippen LogP contribution in [-0.2, 0) is 0 Å². The van der Waals surface area contributed by atoms with Gasteiger partial charge in [0.25, 0.3) is 0 Å². The Balaban J connectivity index is 3.27. The van der Waals surface area contributed by atoms with Crippen molar-refractivity contribution in [2.75, 3.05) is 0 Å². The zero-order valence-electron chi connectivity index (χ0n) is 8.50. The molecule has 0 nitrogen and oxygen atoms in total. The largest absolute Gasteiger partial charge is 0.102 e. The molecule has 0 saturated carbocycles. The monoisotopic (exact) mass is 166 g/mol. The zero-order chi connectivity index (χ0) is 8.81. The van der Waals surface area contributed by atoms with Gasteiger partial charge >= 0.3 is 0 Å². The van der Waals surface area contributed by atoms with E-state index in [9.17, 15) is 0 Å². The molecule has 0 spiro atoms. The normalized spacial score (nSPS) is 23.5. The molecule has 1 heterocycles. The van der Waals surface area contributed by atoms with Crippen LogP contribution in [0.15, 0.2) is 21.5 Å². The van der Waals surface area contributed by atoms with Crippen molar-refractivity contribution in [2.45, 2.75) is 40.8 Å². The maximum absolute atomic E-state index is 2.44. The summed E-state index contributed by atoms with van der Waals surface area (Å²) in [6.07, 6.45) is 0. The van der Waals surface area contributed by atoms with Gasteiger partial charge in [0.15, 0.2) is 0 Å². The van der Waals surface area contributed by atoms with Crippen molar-refractivity contribution in [3.05, 3.63) is 21.5 Å². The lowest BCUT2D eigenvalue weighted by Crippen LogP contribution is -2.27. The molecule has 0 aromatic rings. The van der Waals surface area contributed by atoms with Crippen LogP contribution >= 0.6 is 0 Å². The summed E-state index contributed by atoms with van der Waals surface area (Å²) in [5.41, 5.74) is 3.11. The molecule has 1 aliphatic heterocycles. The van der Waals surface area contributed by atoms with Gasteiger partial charge in [0, 0.05) is 0 Å². The van der Waals surface area contributed by atoms with Gasteiger partial charge in [-0.3, -0.25) is 0 Å². The molecule has 0 unspecified atom stereocenters. The van der Waals surface area contributed by atoms with Crippen molar-refractivity contribution >= 4 is 8.07 Å². The first-order valence-electron chi connectivity index (χ1n) is 4.25. The smallest absolute Gasteiger partial charge is 0.0763 e. The fourth-order valence-electron chi connectivity index (χ4n) is 1.78. The molecule has 0 aromatic heterocycles. The fraction of sp³-hybridized carbons (Fsp3) is 0.600. The predicted molar refractivity (Wildman–Crippen MR) is 54.2 cm³/mol. The molecular weight excluding hydrogens is 148 g/mol. The van der Waals surface area contributed by atoms with Crippen LogP contribution in [0.5, 0.6) is 0 Å². The highest BCUT2D eigenvalue weighted by molar-refractivity contribution is 6.91. The Labute approximate surface area is 71.0 Å². The molecule has 0 fully saturated rings. The Morgan fingerprint density at radius 1 is 0.727 bits per heavy atom. The summed E-state index contributed by atoms with van der Waals surface area (Å²) >= 11 is 0. The van der Waals surface area contributed by atoms with E-state index in [-0.39, 0.29) is 0 Å². The molecule has 0 atom stereocenters. The number of allylic oxidation sites excluding steroid dienone is 4. The second-order valence-corrected chi connectivity index (χ2v) is 8.88. The van der Waals surface area contributed by atoms with Gasteiger partial charge in [-0.2, -0.15) is 0 Å².